The van der Waals surface area contributed by atoms with E-state index in [9.17, 15) is 4.79 Å². The number of nitrogens with zero attached hydrogens (tertiary/aromatic N) is 1. The van der Waals surface area contributed by atoms with Gasteiger partial charge >= 0.3 is 5.97 Å². The highest BCUT2D eigenvalue weighted by Crippen LogP contribution is 2.22. The van der Waals surface area contributed by atoms with E-state index in [2.05, 4.69) is 4.74 Å². The number of anilines is 1. The molecule has 0 saturated carbocycles. The highest BCUT2D eigenvalue weighted by atomic mass is 32.2. The first-order chi connectivity index (χ1) is 9.21. The third-order valence-electron chi connectivity index (χ3n) is 2.53. The monoisotopic (exact) mass is 285 g/mol. The Hall–Kier alpha value is -1.24. The molecule has 1 aromatic rings. The molecule has 0 amide bonds. The maximum Gasteiger partial charge on any atom is 0.315 e. The molecule has 0 aromatic heterocycles. The number of thioether (sulfide) groups is 1. The van der Waals surface area contributed by atoms with E-state index in [0.29, 0.717) is 13.1 Å². The van der Waals surface area contributed by atoms with Crippen molar-refractivity contribution >= 4 is 23.4 Å². The Morgan fingerprint density at radius 1 is 1.21 bits per heavy atom. The van der Waals surface area contributed by atoms with E-state index in [1.165, 1.54) is 18.9 Å². The van der Waals surface area contributed by atoms with Crippen LogP contribution in [-0.2, 0) is 9.53 Å². The quantitative estimate of drug-likeness (QED) is 0.542. The second-order valence-corrected chi connectivity index (χ2v) is 4.84. The zero-order valence-electron chi connectivity index (χ0n) is 10.9. The van der Waals surface area contributed by atoms with Crippen LogP contribution in [0.5, 0.6) is 0 Å². The van der Waals surface area contributed by atoms with Crippen LogP contribution >= 0.6 is 11.8 Å². The second kappa shape index (κ2) is 8.79. The number of aliphatic hydroxyl groups is 2. The molecule has 0 bridgehead atoms. The number of methoxy groups -OCH3 is 1. The lowest BCUT2D eigenvalue weighted by Crippen LogP contribution is -2.29. The smallest absolute Gasteiger partial charge is 0.315 e. The van der Waals surface area contributed by atoms with Gasteiger partial charge in [0, 0.05) is 23.7 Å². The van der Waals surface area contributed by atoms with E-state index in [1.54, 1.807) is 0 Å². The van der Waals surface area contributed by atoms with Crippen LogP contribution < -0.4 is 4.90 Å². The SMILES string of the molecule is COC(=O)CSc1ccc(N(CCO)CCO)cc1. The minimum Gasteiger partial charge on any atom is -0.468 e. The molecule has 0 unspecified atom stereocenters. The first-order valence-electron chi connectivity index (χ1n) is 5.97. The number of ether oxygens (including phenoxy) is 1. The zero-order chi connectivity index (χ0) is 14.1. The largest absolute Gasteiger partial charge is 0.468 e. The maximum absolute atomic E-state index is 11.0. The molecule has 0 spiro atoms. The Morgan fingerprint density at radius 2 is 1.79 bits per heavy atom. The fourth-order valence-electron chi connectivity index (χ4n) is 1.57. The van der Waals surface area contributed by atoms with Crippen molar-refractivity contribution in [3.05, 3.63) is 24.3 Å². The first kappa shape index (κ1) is 15.8. The van der Waals surface area contributed by atoms with Gasteiger partial charge in [-0.2, -0.15) is 0 Å². The van der Waals surface area contributed by atoms with Crippen LogP contribution in [0.4, 0.5) is 5.69 Å². The van der Waals surface area contributed by atoms with Crippen molar-refractivity contribution in [2.45, 2.75) is 4.90 Å². The number of aliphatic hydroxyl groups excluding tert-OH is 2. The Morgan fingerprint density at radius 3 is 2.26 bits per heavy atom. The molecule has 0 atom stereocenters. The van der Waals surface area contributed by atoms with Gasteiger partial charge in [0.05, 0.1) is 26.1 Å². The van der Waals surface area contributed by atoms with Crippen molar-refractivity contribution in [2.24, 2.45) is 0 Å². The molecule has 1 rings (SSSR count). The highest BCUT2D eigenvalue weighted by Gasteiger charge is 2.06. The summed E-state index contributed by atoms with van der Waals surface area (Å²) < 4.78 is 4.57. The summed E-state index contributed by atoms with van der Waals surface area (Å²) in [5.74, 6) is 0.0311. The normalized spacial score (nSPS) is 10.3. The van der Waals surface area contributed by atoms with Crippen molar-refractivity contribution in [3.8, 4) is 0 Å². The molecule has 0 saturated heterocycles. The maximum atomic E-state index is 11.0. The number of hydrogen-bond acceptors (Lipinski definition) is 6. The first-order valence-corrected chi connectivity index (χ1v) is 6.96. The van der Waals surface area contributed by atoms with E-state index in [-0.39, 0.29) is 24.9 Å². The summed E-state index contributed by atoms with van der Waals surface area (Å²) in [6.45, 7) is 1.04. The molecule has 0 radical (unpaired) electrons. The van der Waals surface area contributed by atoms with Gasteiger partial charge < -0.3 is 19.8 Å². The van der Waals surface area contributed by atoms with Gasteiger partial charge in [-0.15, -0.1) is 11.8 Å². The van der Waals surface area contributed by atoms with Crippen LogP contribution in [-0.4, -0.2) is 55.3 Å². The van der Waals surface area contributed by atoms with E-state index in [0.717, 1.165) is 10.6 Å². The Bertz CT molecular complexity index is 377. The number of benzene rings is 1. The molecule has 6 heteroatoms. The average Bonchev–Trinajstić information content (AvgIpc) is 2.45. The molecule has 1 aromatic carbocycles. The summed E-state index contributed by atoms with van der Waals surface area (Å²) in [5.41, 5.74) is 0.936. The van der Waals surface area contributed by atoms with Crippen molar-refractivity contribution in [3.63, 3.8) is 0 Å². The summed E-state index contributed by atoms with van der Waals surface area (Å²) in [6, 6.07) is 7.63. The van der Waals surface area contributed by atoms with Gasteiger partial charge in [0.2, 0.25) is 0 Å². The van der Waals surface area contributed by atoms with Gasteiger partial charge in [0.25, 0.3) is 0 Å². The number of hydrogen-bond donors (Lipinski definition) is 2. The summed E-state index contributed by atoms with van der Waals surface area (Å²) in [6.07, 6.45) is 0. The highest BCUT2D eigenvalue weighted by molar-refractivity contribution is 8.00. The summed E-state index contributed by atoms with van der Waals surface area (Å²) in [5, 5.41) is 17.9. The molecule has 0 aliphatic heterocycles. The van der Waals surface area contributed by atoms with Gasteiger partial charge in [-0.3, -0.25) is 4.79 Å². The predicted molar refractivity (Wildman–Crippen MR) is 75.6 cm³/mol. The zero-order valence-corrected chi connectivity index (χ0v) is 11.7. The fraction of sp³-hybridized carbons (Fsp3) is 0.462. The van der Waals surface area contributed by atoms with Crippen LogP contribution in [0.3, 0.4) is 0 Å². The minimum atomic E-state index is -0.253. The van der Waals surface area contributed by atoms with Crippen LogP contribution in [0.2, 0.25) is 0 Å². The lowest BCUT2D eigenvalue weighted by atomic mass is 10.3. The molecular weight excluding hydrogens is 266 g/mol. The number of carbonyl (C=O) groups is 1. The minimum absolute atomic E-state index is 0.0405. The third kappa shape index (κ3) is 5.50. The molecule has 0 heterocycles. The van der Waals surface area contributed by atoms with Crippen LogP contribution in [0.1, 0.15) is 0 Å². The summed E-state index contributed by atoms with van der Waals surface area (Å²) in [7, 11) is 1.37. The molecule has 0 aliphatic rings. The number of carbonyl (C=O) groups excluding carboxylic acids is 1. The second-order valence-electron chi connectivity index (χ2n) is 3.79. The van der Waals surface area contributed by atoms with Crippen molar-refractivity contribution < 1.29 is 19.7 Å². The van der Waals surface area contributed by atoms with Gasteiger partial charge in [-0.1, -0.05) is 0 Å². The lowest BCUT2D eigenvalue weighted by molar-refractivity contribution is -0.137. The molecule has 19 heavy (non-hydrogen) atoms. The van der Waals surface area contributed by atoms with Gasteiger partial charge in [-0.25, -0.2) is 0 Å². The van der Waals surface area contributed by atoms with Gasteiger partial charge in [0.15, 0.2) is 0 Å². The van der Waals surface area contributed by atoms with E-state index >= 15 is 0 Å². The van der Waals surface area contributed by atoms with Gasteiger partial charge in [0.1, 0.15) is 0 Å². The predicted octanol–water partition coefficient (Wildman–Crippen LogP) is 0.743. The Balaban J connectivity index is 2.60. The standard InChI is InChI=1S/C13H19NO4S/c1-18-13(17)10-19-12-4-2-11(3-5-12)14(6-8-15)7-9-16/h2-5,15-16H,6-10H2,1H3. The van der Waals surface area contributed by atoms with Crippen LogP contribution in [0.15, 0.2) is 29.2 Å². The van der Waals surface area contributed by atoms with E-state index < -0.39 is 0 Å². The summed E-state index contributed by atoms with van der Waals surface area (Å²) in [4.78, 5) is 13.9. The molecule has 106 valence electrons. The average molecular weight is 285 g/mol. The third-order valence-corrected chi connectivity index (χ3v) is 3.51. The van der Waals surface area contributed by atoms with E-state index in [4.69, 9.17) is 10.2 Å². The molecular formula is C13H19NO4S. The Kier molecular flexibility index (Phi) is 7.32. The number of rotatable bonds is 8. The van der Waals surface area contributed by atoms with Crippen molar-refractivity contribution in [1.29, 1.82) is 0 Å². The molecule has 2 N–H and O–H groups in total. The summed E-state index contributed by atoms with van der Waals surface area (Å²) >= 11 is 1.41. The van der Waals surface area contributed by atoms with Crippen molar-refractivity contribution in [2.75, 3.05) is 44.1 Å². The Labute approximate surface area is 117 Å². The molecule has 5 nitrogen and oxygen atoms in total. The van der Waals surface area contributed by atoms with Gasteiger partial charge in [-0.05, 0) is 24.3 Å². The molecule has 0 fully saturated rings. The van der Waals surface area contributed by atoms with Crippen LogP contribution in [0.25, 0.3) is 0 Å². The topological polar surface area (TPSA) is 70.0 Å². The fourth-order valence-corrected chi connectivity index (χ4v) is 2.30. The lowest BCUT2D eigenvalue weighted by Gasteiger charge is -2.23. The van der Waals surface area contributed by atoms with Crippen LogP contribution in [0, 0.1) is 0 Å². The van der Waals surface area contributed by atoms with E-state index in [1.807, 2.05) is 29.2 Å². The molecule has 0 aliphatic carbocycles. The number of esters is 1. The van der Waals surface area contributed by atoms with Crippen molar-refractivity contribution in [1.82, 2.24) is 0 Å².